The van der Waals surface area contributed by atoms with E-state index < -0.39 is 35.7 Å². The lowest BCUT2D eigenvalue weighted by molar-refractivity contribution is -0.145. The van der Waals surface area contributed by atoms with Gasteiger partial charge in [-0.1, -0.05) is 18.1 Å². The van der Waals surface area contributed by atoms with Crippen LogP contribution in [0.4, 0.5) is 13.2 Å². The number of carbonyl (C=O) groups excluding carboxylic acids is 1. The van der Waals surface area contributed by atoms with Crippen LogP contribution in [0.3, 0.4) is 0 Å². The van der Waals surface area contributed by atoms with E-state index in [1.807, 2.05) is 0 Å². The normalized spacial score (nSPS) is 11.3. The molecule has 0 saturated heterocycles. The lowest BCUT2D eigenvalue weighted by Gasteiger charge is -2.14. The monoisotopic (exact) mass is 515 g/mol. The van der Waals surface area contributed by atoms with Crippen molar-refractivity contribution in [2.24, 2.45) is 7.05 Å². The molecule has 0 aliphatic rings. The number of esters is 1. The molecule has 0 aliphatic heterocycles. The second-order valence-corrected chi connectivity index (χ2v) is 8.21. The fourth-order valence-electron chi connectivity index (χ4n) is 3.48. The molecule has 184 valence electrons. The highest BCUT2D eigenvalue weighted by atomic mass is 32.1. The Bertz CT molecular complexity index is 1630. The Morgan fingerprint density at radius 1 is 1.17 bits per heavy atom. The van der Waals surface area contributed by atoms with Gasteiger partial charge in [0.15, 0.2) is 13.2 Å². The molecule has 4 aromatic rings. The predicted molar refractivity (Wildman–Crippen MR) is 126 cm³/mol. The highest BCUT2D eigenvalue weighted by Crippen LogP contribution is 2.37. The molecule has 0 atom stereocenters. The van der Waals surface area contributed by atoms with Gasteiger partial charge >= 0.3 is 17.8 Å². The number of alkyl halides is 3. The number of hydrogen-bond donors (Lipinski definition) is 0. The molecule has 0 N–H and O–H groups in total. The number of rotatable bonds is 6. The molecule has 0 unspecified atom stereocenters. The summed E-state index contributed by atoms with van der Waals surface area (Å²) >= 11 is 1.14. The zero-order chi connectivity index (χ0) is 26.0. The molecule has 0 fully saturated rings. The van der Waals surface area contributed by atoms with E-state index in [4.69, 9.17) is 15.9 Å². The molecule has 0 aliphatic carbocycles. The van der Waals surface area contributed by atoms with Crippen molar-refractivity contribution in [3.63, 3.8) is 0 Å². The second-order valence-electron chi connectivity index (χ2n) is 7.40. The summed E-state index contributed by atoms with van der Waals surface area (Å²) in [5.74, 6) is 1.83. The molecule has 0 bridgehead atoms. The van der Waals surface area contributed by atoms with E-state index >= 15 is 0 Å². The molecule has 12 heteroatoms. The third kappa shape index (κ3) is 4.73. The molecule has 36 heavy (non-hydrogen) atoms. The summed E-state index contributed by atoms with van der Waals surface area (Å²) in [7, 11) is 0.944. The van der Waals surface area contributed by atoms with Crippen LogP contribution in [0, 0.1) is 12.3 Å². The molecule has 8 nitrogen and oxygen atoms in total. The first-order valence-corrected chi connectivity index (χ1v) is 11.0. The van der Waals surface area contributed by atoms with Gasteiger partial charge in [0, 0.05) is 24.1 Å². The third-order valence-electron chi connectivity index (χ3n) is 5.13. The number of aromatic nitrogens is 3. The molecule has 0 saturated carbocycles. The van der Waals surface area contributed by atoms with Crippen molar-refractivity contribution in [2.75, 3.05) is 13.2 Å². The van der Waals surface area contributed by atoms with E-state index in [0.717, 1.165) is 18.6 Å². The fourth-order valence-corrected chi connectivity index (χ4v) is 4.25. The van der Waals surface area contributed by atoms with Crippen LogP contribution in [0.25, 0.3) is 27.0 Å². The van der Waals surface area contributed by atoms with Crippen molar-refractivity contribution < 1.29 is 27.4 Å². The highest BCUT2D eigenvalue weighted by Gasteiger charge is 2.35. The van der Waals surface area contributed by atoms with Gasteiger partial charge in [-0.25, -0.2) is 14.2 Å². The maximum Gasteiger partial charge on any atom is 0.431 e. The van der Waals surface area contributed by atoms with Crippen LogP contribution in [0.5, 0.6) is 5.75 Å². The van der Waals surface area contributed by atoms with Gasteiger partial charge in [-0.05, 0) is 41.9 Å². The zero-order valence-corrected chi connectivity index (χ0v) is 19.4. The average molecular weight is 515 g/mol. The molecule has 0 spiro atoms. The Morgan fingerprint density at radius 3 is 2.64 bits per heavy atom. The summed E-state index contributed by atoms with van der Waals surface area (Å²) in [6, 6.07) is 11.7. The van der Waals surface area contributed by atoms with Crippen molar-refractivity contribution >= 4 is 27.6 Å². The zero-order valence-electron chi connectivity index (χ0n) is 18.5. The Hall–Kier alpha value is -4.37. The van der Waals surface area contributed by atoms with Gasteiger partial charge in [-0.3, -0.25) is 9.36 Å². The molecule has 4 rings (SSSR count). The first kappa shape index (κ1) is 24.7. The molecule has 0 radical (unpaired) electrons. The topological polar surface area (TPSA) is 92.4 Å². The fraction of sp³-hybridized carbons (Fsp3) is 0.167. The summed E-state index contributed by atoms with van der Waals surface area (Å²) in [6.45, 7) is -0.588. The van der Waals surface area contributed by atoms with E-state index in [9.17, 15) is 27.6 Å². The molecule has 2 aromatic heterocycles. The van der Waals surface area contributed by atoms with Crippen LogP contribution in [0.15, 0.2) is 58.1 Å². The summed E-state index contributed by atoms with van der Waals surface area (Å²) in [6.07, 6.45) is 0.202. The van der Waals surface area contributed by atoms with Gasteiger partial charge in [0.2, 0.25) is 0 Å². The van der Waals surface area contributed by atoms with Crippen LogP contribution in [-0.4, -0.2) is 32.7 Å². The number of nitrogens with zero attached hydrogens (tertiary/aromatic N) is 3. The van der Waals surface area contributed by atoms with Gasteiger partial charge in [0.25, 0.3) is 5.56 Å². The van der Waals surface area contributed by atoms with Gasteiger partial charge in [0.05, 0.1) is 16.1 Å². The highest BCUT2D eigenvalue weighted by molar-refractivity contribution is 7.13. The van der Waals surface area contributed by atoms with Gasteiger partial charge in [0.1, 0.15) is 11.4 Å². The number of carbonyl (C=O) groups is 1. The summed E-state index contributed by atoms with van der Waals surface area (Å²) in [4.78, 5) is 37.0. The minimum atomic E-state index is -4.86. The second kappa shape index (κ2) is 9.71. The summed E-state index contributed by atoms with van der Waals surface area (Å²) < 4.78 is 56.1. The quantitative estimate of drug-likeness (QED) is 0.289. The standard InChI is InChI=1S/C24H16F3N3O5S/c1-3-10-34-21(32)13-35-17-7-5-4-6-15(17)22-16-11-14(8-9-18(16)36-28-22)30-20(31)12-19(24(25,26)27)29(2)23(30)33/h1,4-9,11-12H,10,13H2,2H3. The molecule has 2 heterocycles. The van der Waals surface area contributed by atoms with Crippen LogP contribution in [0.1, 0.15) is 5.69 Å². The van der Waals surface area contributed by atoms with E-state index in [-0.39, 0.29) is 12.3 Å². The maximum atomic E-state index is 13.2. The Balaban J connectivity index is 1.78. The van der Waals surface area contributed by atoms with Crippen LogP contribution in [0.2, 0.25) is 0 Å². The SMILES string of the molecule is C#CCOC(=O)COc1ccccc1-c1nsc2ccc(-n3c(=O)cc(C(F)(F)F)n(C)c3=O)cc12. The number of terminal acetylenes is 1. The van der Waals surface area contributed by atoms with Crippen LogP contribution >= 0.6 is 11.5 Å². The number of halogens is 3. The minimum absolute atomic E-state index is 0.0690. The maximum absolute atomic E-state index is 13.2. The van der Waals surface area contributed by atoms with Crippen molar-refractivity contribution in [3.8, 4) is 35.0 Å². The van der Waals surface area contributed by atoms with E-state index in [0.29, 0.717) is 42.3 Å². The number of benzene rings is 2. The van der Waals surface area contributed by atoms with Crippen molar-refractivity contribution in [1.82, 2.24) is 13.5 Å². The lowest BCUT2D eigenvalue weighted by Crippen LogP contribution is -2.40. The van der Waals surface area contributed by atoms with E-state index in [2.05, 4.69) is 10.3 Å². The number of fused-ring (bicyclic) bond motifs is 1. The molecule has 2 aromatic carbocycles. The Morgan fingerprint density at radius 2 is 1.92 bits per heavy atom. The van der Waals surface area contributed by atoms with Crippen LogP contribution in [-0.2, 0) is 22.8 Å². The number of para-hydroxylation sites is 1. The van der Waals surface area contributed by atoms with Crippen molar-refractivity contribution in [3.05, 3.63) is 75.1 Å². The summed E-state index contributed by atoms with van der Waals surface area (Å²) in [5.41, 5.74) is -2.60. The number of ether oxygens (including phenoxy) is 2. The minimum Gasteiger partial charge on any atom is -0.481 e. The van der Waals surface area contributed by atoms with Crippen molar-refractivity contribution in [1.29, 1.82) is 0 Å². The Labute approximate surface area is 205 Å². The molecular formula is C24H16F3N3O5S. The molecule has 0 amide bonds. The lowest BCUT2D eigenvalue weighted by atomic mass is 10.1. The van der Waals surface area contributed by atoms with Gasteiger partial charge < -0.3 is 9.47 Å². The van der Waals surface area contributed by atoms with Crippen molar-refractivity contribution in [2.45, 2.75) is 6.18 Å². The number of hydrogen-bond acceptors (Lipinski definition) is 7. The van der Waals surface area contributed by atoms with Gasteiger partial charge in [-0.15, -0.1) is 6.42 Å². The molecular weight excluding hydrogens is 499 g/mol. The summed E-state index contributed by atoms with van der Waals surface area (Å²) in [5, 5.41) is 0.525. The average Bonchev–Trinajstić information content (AvgIpc) is 3.26. The Kier molecular flexibility index (Phi) is 6.67. The van der Waals surface area contributed by atoms with E-state index in [1.54, 1.807) is 30.3 Å². The third-order valence-corrected chi connectivity index (χ3v) is 5.95. The first-order valence-electron chi connectivity index (χ1n) is 10.2. The predicted octanol–water partition coefficient (Wildman–Crippen LogP) is 3.39. The largest absolute Gasteiger partial charge is 0.481 e. The van der Waals surface area contributed by atoms with E-state index in [1.165, 1.54) is 12.1 Å². The first-order chi connectivity index (χ1) is 17.1. The van der Waals surface area contributed by atoms with Crippen LogP contribution < -0.4 is 16.0 Å². The smallest absolute Gasteiger partial charge is 0.431 e. The van der Waals surface area contributed by atoms with Gasteiger partial charge in [-0.2, -0.15) is 17.5 Å².